The first kappa shape index (κ1) is 13.2. The van der Waals surface area contributed by atoms with Crippen LogP contribution in [-0.2, 0) is 6.54 Å². The molecule has 0 atom stereocenters. The Kier molecular flexibility index (Phi) is 4.24. The number of nitrogens with zero attached hydrogens (tertiary/aromatic N) is 5. The number of nitriles is 2. The van der Waals surface area contributed by atoms with E-state index in [0.717, 1.165) is 16.0 Å². The summed E-state index contributed by atoms with van der Waals surface area (Å²) in [6.07, 6.45) is 0. The molecule has 0 aromatic carbocycles. The van der Waals surface area contributed by atoms with Crippen LogP contribution in [-0.4, -0.2) is 35.0 Å². The summed E-state index contributed by atoms with van der Waals surface area (Å²) in [7, 11) is 1.81. The molecule has 0 fully saturated rings. The zero-order valence-corrected chi connectivity index (χ0v) is 11.2. The summed E-state index contributed by atoms with van der Waals surface area (Å²) in [6.45, 7) is 0.770. The standard InChI is InChI=1S/C12H12N6S/c1-15-11-9-2-7-19-12(9)17-10(16-11)8-18(5-3-13)6-4-14/h2,7H,5-6,8H2,1H3,(H,15,16,17). The van der Waals surface area contributed by atoms with Gasteiger partial charge in [-0.3, -0.25) is 4.90 Å². The van der Waals surface area contributed by atoms with Crippen LogP contribution in [0, 0.1) is 22.7 Å². The van der Waals surface area contributed by atoms with E-state index in [4.69, 9.17) is 10.5 Å². The van der Waals surface area contributed by atoms with Crippen LogP contribution in [0.4, 0.5) is 5.82 Å². The van der Waals surface area contributed by atoms with Crippen molar-refractivity contribution in [3.8, 4) is 12.1 Å². The Morgan fingerprint density at radius 2 is 2.05 bits per heavy atom. The number of rotatable bonds is 5. The van der Waals surface area contributed by atoms with E-state index in [-0.39, 0.29) is 13.1 Å². The molecule has 2 rings (SSSR count). The maximum absolute atomic E-state index is 8.73. The van der Waals surface area contributed by atoms with Gasteiger partial charge in [-0.05, 0) is 11.4 Å². The third-order valence-corrected chi connectivity index (χ3v) is 3.37. The summed E-state index contributed by atoms with van der Waals surface area (Å²) < 4.78 is 0. The van der Waals surface area contributed by atoms with Crippen molar-refractivity contribution in [1.29, 1.82) is 10.5 Å². The van der Waals surface area contributed by atoms with Crippen LogP contribution in [0.3, 0.4) is 0 Å². The predicted molar refractivity (Wildman–Crippen MR) is 73.5 cm³/mol. The van der Waals surface area contributed by atoms with E-state index < -0.39 is 0 Å². The van der Waals surface area contributed by atoms with Crippen molar-refractivity contribution in [3.05, 3.63) is 17.3 Å². The highest BCUT2D eigenvalue weighted by molar-refractivity contribution is 7.16. The maximum Gasteiger partial charge on any atom is 0.146 e. The largest absolute Gasteiger partial charge is 0.372 e. The Labute approximate surface area is 114 Å². The van der Waals surface area contributed by atoms with E-state index in [1.165, 1.54) is 0 Å². The molecule has 2 aromatic rings. The summed E-state index contributed by atoms with van der Waals surface area (Å²) in [5.74, 6) is 1.39. The first-order chi connectivity index (χ1) is 9.28. The number of anilines is 1. The third-order valence-electron chi connectivity index (χ3n) is 2.56. The molecule has 0 bridgehead atoms. The second kappa shape index (κ2) is 6.10. The molecule has 0 saturated heterocycles. The topological polar surface area (TPSA) is 88.6 Å². The van der Waals surface area contributed by atoms with Crippen LogP contribution in [0.1, 0.15) is 5.82 Å². The van der Waals surface area contributed by atoms with Crippen molar-refractivity contribution in [1.82, 2.24) is 14.9 Å². The monoisotopic (exact) mass is 272 g/mol. The Bertz CT molecular complexity index is 634. The van der Waals surface area contributed by atoms with Crippen LogP contribution in [0.25, 0.3) is 10.2 Å². The fourth-order valence-electron chi connectivity index (χ4n) is 1.73. The molecule has 96 valence electrons. The Balaban J connectivity index is 2.29. The van der Waals surface area contributed by atoms with Gasteiger partial charge in [0.15, 0.2) is 0 Å². The number of nitrogens with one attached hydrogen (secondary N) is 1. The normalized spacial score (nSPS) is 10.3. The lowest BCUT2D eigenvalue weighted by molar-refractivity contribution is 0.326. The Morgan fingerprint density at radius 3 is 2.68 bits per heavy atom. The van der Waals surface area contributed by atoms with Crippen LogP contribution in [0.5, 0.6) is 0 Å². The van der Waals surface area contributed by atoms with E-state index >= 15 is 0 Å². The first-order valence-corrected chi connectivity index (χ1v) is 6.54. The van der Waals surface area contributed by atoms with Gasteiger partial charge < -0.3 is 5.32 Å². The quantitative estimate of drug-likeness (QED) is 0.831. The summed E-state index contributed by atoms with van der Waals surface area (Å²) >= 11 is 1.55. The fourth-order valence-corrected chi connectivity index (χ4v) is 2.51. The van der Waals surface area contributed by atoms with Gasteiger partial charge in [0.2, 0.25) is 0 Å². The van der Waals surface area contributed by atoms with E-state index in [1.807, 2.05) is 30.6 Å². The predicted octanol–water partition coefficient (Wildman–Crippen LogP) is 1.58. The smallest absolute Gasteiger partial charge is 0.146 e. The van der Waals surface area contributed by atoms with Crippen molar-refractivity contribution in [2.75, 3.05) is 25.5 Å². The molecule has 0 unspecified atom stereocenters. The van der Waals surface area contributed by atoms with Gasteiger partial charge in [-0.15, -0.1) is 11.3 Å². The van der Waals surface area contributed by atoms with Crippen LogP contribution >= 0.6 is 11.3 Å². The van der Waals surface area contributed by atoms with Gasteiger partial charge in [0.05, 0.1) is 37.2 Å². The molecular formula is C12H12N6S. The highest BCUT2D eigenvalue weighted by Crippen LogP contribution is 2.24. The van der Waals surface area contributed by atoms with Gasteiger partial charge in [-0.25, -0.2) is 9.97 Å². The Morgan fingerprint density at radius 1 is 1.32 bits per heavy atom. The number of hydrogen-bond acceptors (Lipinski definition) is 7. The van der Waals surface area contributed by atoms with Crippen LogP contribution < -0.4 is 5.32 Å². The maximum atomic E-state index is 8.73. The third kappa shape index (κ3) is 2.97. The number of aromatic nitrogens is 2. The van der Waals surface area contributed by atoms with Gasteiger partial charge in [0, 0.05) is 7.05 Å². The molecule has 0 saturated carbocycles. The highest BCUT2D eigenvalue weighted by atomic mass is 32.1. The molecule has 0 amide bonds. The second-order valence-electron chi connectivity index (χ2n) is 3.84. The molecule has 2 aromatic heterocycles. The lowest BCUT2D eigenvalue weighted by atomic mass is 10.3. The van der Waals surface area contributed by atoms with E-state index in [1.54, 1.807) is 16.2 Å². The SMILES string of the molecule is CNc1nc(CN(CC#N)CC#N)nc2sccc12. The number of fused-ring (bicyclic) bond motifs is 1. The van der Waals surface area contributed by atoms with Crippen molar-refractivity contribution in [2.24, 2.45) is 0 Å². The minimum atomic E-state index is 0.189. The van der Waals surface area contributed by atoms with Crippen molar-refractivity contribution < 1.29 is 0 Å². The van der Waals surface area contributed by atoms with Gasteiger partial charge in [0.25, 0.3) is 0 Å². The van der Waals surface area contributed by atoms with Crippen molar-refractivity contribution in [2.45, 2.75) is 6.54 Å². The van der Waals surface area contributed by atoms with E-state index in [0.29, 0.717) is 12.4 Å². The van der Waals surface area contributed by atoms with Gasteiger partial charge in [-0.1, -0.05) is 0 Å². The number of thiophene rings is 1. The molecule has 6 nitrogen and oxygen atoms in total. The molecule has 19 heavy (non-hydrogen) atoms. The summed E-state index contributed by atoms with van der Waals surface area (Å²) in [4.78, 5) is 11.5. The molecule has 0 aliphatic rings. The minimum absolute atomic E-state index is 0.189. The first-order valence-electron chi connectivity index (χ1n) is 5.66. The molecule has 0 radical (unpaired) electrons. The molecule has 0 aliphatic heterocycles. The van der Waals surface area contributed by atoms with Gasteiger partial charge in [0.1, 0.15) is 16.5 Å². The van der Waals surface area contributed by atoms with Crippen LogP contribution in [0.15, 0.2) is 11.4 Å². The van der Waals surface area contributed by atoms with Crippen molar-refractivity contribution in [3.63, 3.8) is 0 Å². The molecule has 0 aliphatic carbocycles. The van der Waals surface area contributed by atoms with Crippen LogP contribution in [0.2, 0.25) is 0 Å². The molecule has 1 N–H and O–H groups in total. The lowest BCUT2D eigenvalue weighted by Crippen LogP contribution is -2.25. The fraction of sp³-hybridized carbons (Fsp3) is 0.333. The zero-order valence-electron chi connectivity index (χ0n) is 10.4. The molecular weight excluding hydrogens is 260 g/mol. The highest BCUT2D eigenvalue weighted by Gasteiger charge is 2.11. The summed E-state index contributed by atoms with van der Waals surface area (Å²) in [5.41, 5.74) is 0. The van der Waals surface area contributed by atoms with Crippen molar-refractivity contribution >= 4 is 27.4 Å². The van der Waals surface area contributed by atoms with Gasteiger partial charge >= 0.3 is 0 Å². The van der Waals surface area contributed by atoms with Gasteiger partial charge in [-0.2, -0.15) is 10.5 Å². The average molecular weight is 272 g/mol. The molecule has 7 heteroatoms. The average Bonchev–Trinajstić information content (AvgIpc) is 2.86. The second-order valence-corrected chi connectivity index (χ2v) is 4.73. The summed E-state index contributed by atoms with van der Waals surface area (Å²) in [5, 5.41) is 23.5. The summed E-state index contributed by atoms with van der Waals surface area (Å²) in [6, 6.07) is 6.05. The Hall–Kier alpha value is -2.22. The minimum Gasteiger partial charge on any atom is -0.372 e. The van der Waals surface area contributed by atoms with E-state index in [9.17, 15) is 0 Å². The molecule has 0 spiro atoms. The number of hydrogen-bond donors (Lipinski definition) is 1. The zero-order chi connectivity index (χ0) is 13.7. The molecule has 2 heterocycles. The lowest BCUT2D eigenvalue weighted by Gasteiger charge is -2.14. The van der Waals surface area contributed by atoms with E-state index in [2.05, 4.69) is 15.3 Å².